The molecule has 4 rings (SSSR count). The molecule has 26 heavy (non-hydrogen) atoms. The molecule has 2 atom stereocenters. The van der Waals surface area contributed by atoms with E-state index in [1.54, 1.807) is 0 Å². The average Bonchev–Trinajstić information content (AvgIpc) is 3.30. The van der Waals surface area contributed by atoms with E-state index in [9.17, 15) is 9.59 Å². The summed E-state index contributed by atoms with van der Waals surface area (Å²) in [5.41, 5.74) is -4.89. The lowest BCUT2D eigenvalue weighted by Crippen LogP contribution is -2.47. The Kier molecular flexibility index (Phi) is 3.30. The van der Waals surface area contributed by atoms with Gasteiger partial charge < -0.3 is 9.80 Å². The number of rotatable bonds is 2. The van der Waals surface area contributed by atoms with Gasteiger partial charge in [0.05, 0.1) is 31.3 Å². The average molecular weight is 358 g/mol. The Labute approximate surface area is 146 Å². The number of nitrogens with one attached hydrogen (secondary N) is 1. The van der Waals surface area contributed by atoms with Gasteiger partial charge in [-0.2, -0.15) is 10.4 Å². The molecular weight excluding hydrogens is 346 g/mol. The first-order chi connectivity index (χ1) is 12.4. The first kappa shape index (κ1) is 16.1. The Morgan fingerprint density at radius 2 is 2.12 bits per heavy atom. The van der Waals surface area contributed by atoms with Crippen molar-refractivity contribution in [3.8, 4) is 6.07 Å². The van der Waals surface area contributed by atoms with Crippen molar-refractivity contribution in [2.75, 3.05) is 24.5 Å². The lowest BCUT2D eigenvalue weighted by atomic mass is 9.93. The summed E-state index contributed by atoms with van der Waals surface area (Å²) in [5, 5.41) is 14.8. The molecule has 0 saturated carbocycles. The second-order valence-corrected chi connectivity index (χ2v) is 6.32. The fraction of sp³-hybridized carbons (Fsp3) is 0.312. The van der Waals surface area contributed by atoms with Crippen LogP contribution in [0.4, 0.5) is 14.5 Å². The highest BCUT2D eigenvalue weighted by molar-refractivity contribution is 6.05. The summed E-state index contributed by atoms with van der Waals surface area (Å²) in [6.07, 6.45) is 1.11. The Balaban J connectivity index is 1.63. The molecule has 2 aliphatic rings. The molecule has 2 fully saturated rings. The zero-order chi connectivity index (χ0) is 18.5. The molecule has 3 heterocycles. The number of aromatic amines is 1. The van der Waals surface area contributed by atoms with Crippen LogP contribution < -0.4 is 4.90 Å². The monoisotopic (exact) mass is 358 g/mol. The van der Waals surface area contributed by atoms with Crippen LogP contribution in [0, 0.1) is 11.3 Å². The molecule has 0 spiro atoms. The zero-order valence-electron chi connectivity index (χ0n) is 13.3. The summed E-state index contributed by atoms with van der Waals surface area (Å²) >= 11 is 0. The Hall–Kier alpha value is -3.35. The minimum atomic E-state index is -2.86. The van der Waals surface area contributed by atoms with E-state index in [1.807, 2.05) is 6.07 Å². The zero-order valence-corrected chi connectivity index (χ0v) is 13.3. The molecule has 1 aromatic heterocycles. The van der Waals surface area contributed by atoms with E-state index in [4.69, 9.17) is 5.26 Å². The molecule has 2 amide bonds. The van der Waals surface area contributed by atoms with Crippen LogP contribution in [0.5, 0.6) is 0 Å². The number of nitriles is 1. The van der Waals surface area contributed by atoms with E-state index in [0.29, 0.717) is 0 Å². The molecule has 2 aliphatic heterocycles. The SMILES string of the molecule is N#Cc1cccc(N2C[C@@]3(F)CN(C(=O)c4ncn[nH]4)C[C@@]3(F)C2=O)c1. The first-order valence-electron chi connectivity index (χ1n) is 7.72. The maximum atomic E-state index is 15.4. The molecule has 8 nitrogen and oxygen atoms in total. The number of H-pyrrole nitrogens is 1. The van der Waals surface area contributed by atoms with E-state index in [-0.39, 0.29) is 17.1 Å². The van der Waals surface area contributed by atoms with Gasteiger partial charge in [-0.05, 0) is 18.2 Å². The summed E-state index contributed by atoms with van der Waals surface area (Å²) in [5.74, 6) is -1.94. The van der Waals surface area contributed by atoms with Crippen LogP contribution in [0.3, 0.4) is 0 Å². The van der Waals surface area contributed by atoms with Crippen molar-refractivity contribution in [2.45, 2.75) is 11.3 Å². The maximum absolute atomic E-state index is 15.4. The third-order valence-corrected chi connectivity index (χ3v) is 4.75. The number of carbonyl (C=O) groups is 2. The summed E-state index contributed by atoms with van der Waals surface area (Å²) < 4.78 is 30.7. The predicted octanol–water partition coefficient (Wildman–Crippen LogP) is 0.596. The quantitative estimate of drug-likeness (QED) is 0.846. The van der Waals surface area contributed by atoms with Crippen molar-refractivity contribution in [1.29, 1.82) is 5.26 Å². The van der Waals surface area contributed by atoms with Crippen LogP contribution in [0.2, 0.25) is 0 Å². The molecule has 1 aromatic carbocycles. The van der Waals surface area contributed by atoms with Crippen molar-refractivity contribution >= 4 is 17.5 Å². The van der Waals surface area contributed by atoms with Crippen LogP contribution in [-0.4, -0.2) is 62.9 Å². The number of hydrogen-bond acceptors (Lipinski definition) is 5. The van der Waals surface area contributed by atoms with Crippen LogP contribution in [-0.2, 0) is 4.79 Å². The van der Waals surface area contributed by atoms with Gasteiger partial charge in [-0.25, -0.2) is 13.8 Å². The van der Waals surface area contributed by atoms with Crippen molar-refractivity contribution in [1.82, 2.24) is 20.1 Å². The van der Waals surface area contributed by atoms with Crippen molar-refractivity contribution < 1.29 is 18.4 Å². The number of likely N-dealkylation sites (tertiary alicyclic amines) is 1. The number of nitrogens with zero attached hydrogens (tertiary/aromatic N) is 5. The lowest BCUT2D eigenvalue weighted by Gasteiger charge is -2.22. The number of halogens is 2. The number of anilines is 1. The molecule has 0 bridgehead atoms. The van der Waals surface area contributed by atoms with Gasteiger partial charge in [-0.1, -0.05) is 6.07 Å². The van der Waals surface area contributed by atoms with Crippen LogP contribution >= 0.6 is 0 Å². The van der Waals surface area contributed by atoms with Crippen LogP contribution in [0.15, 0.2) is 30.6 Å². The highest BCUT2D eigenvalue weighted by Gasteiger charge is 2.72. The van der Waals surface area contributed by atoms with Crippen molar-refractivity contribution in [2.24, 2.45) is 0 Å². The van der Waals surface area contributed by atoms with Crippen molar-refractivity contribution in [3.63, 3.8) is 0 Å². The summed E-state index contributed by atoms with van der Waals surface area (Å²) in [6.45, 7) is -1.84. The lowest BCUT2D eigenvalue weighted by molar-refractivity contribution is -0.130. The van der Waals surface area contributed by atoms with Gasteiger partial charge >= 0.3 is 0 Å². The van der Waals surface area contributed by atoms with Gasteiger partial charge in [0.2, 0.25) is 11.5 Å². The number of fused-ring (bicyclic) bond motifs is 1. The Bertz CT molecular complexity index is 942. The molecule has 2 saturated heterocycles. The fourth-order valence-corrected chi connectivity index (χ4v) is 3.41. The second-order valence-electron chi connectivity index (χ2n) is 6.32. The smallest absolute Gasteiger partial charge is 0.291 e. The van der Waals surface area contributed by atoms with Gasteiger partial charge in [0.1, 0.15) is 6.33 Å². The van der Waals surface area contributed by atoms with E-state index >= 15 is 8.78 Å². The Morgan fingerprint density at radius 1 is 1.31 bits per heavy atom. The topological polar surface area (TPSA) is 106 Å². The summed E-state index contributed by atoms with van der Waals surface area (Å²) in [6, 6.07) is 7.87. The van der Waals surface area contributed by atoms with E-state index in [2.05, 4.69) is 15.2 Å². The number of alkyl halides is 2. The van der Waals surface area contributed by atoms with Crippen molar-refractivity contribution in [3.05, 3.63) is 42.0 Å². The summed E-state index contributed by atoms with van der Waals surface area (Å²) in [4.78, 5) is 30.5. The molecular formula is C16H12F2N6O2. The molecule has 0 aliphatic carbocycles. The van der Waals surface area contributed by atoms with E-state index < -0.39 is 42.8 Å². The summed E-state index contributed by atoms with van der Waals surface area (Å²) in [7, 11) is 0. The predicted molar refractivity (Wildman–Crippen MR) is 83.5 cm³/mol. The minimum Gasteiger partial charge on any atom is -0.329 e. The second kappa shape index (κ2) is 5.32. The fourth-order valence-electron chi connectivity index (χ4n) is 3.41. The van der Waals surface area contributed by atoms with Crippen LogP contribution in [0.1, 0.15) is 16.2 Å². The highest BCUT2D eigenvalue weighted by atomic mass is 19.2. The van der Waals surface area contributed by atoms with Gasteiger partial charge in [-0.15, -0.1) is 0 Å². The molecule has 132 valence electrons. The van der Waals surface area contributed by atoms with Crippen LogP contribution in [0.25, 0.3) is 0 Å². The number of carbonyl (C=O) groups excluding carboxylic acids is 2. The molecule has 10 heteroatoms. The van der Waals surface area contributed by atoms with Gasteiger partial charge in [0.25, 0.3) is 11.8 Å². The number of benzene rings is 1. The maximum Gasteiger partial charge on any atom is 0.291 e. The normalized spacial score (nSPS) is 27.5. The minimum absolute atomic E-state index is 0.150. The number of hydrogen-bond donors (Lipinski definition) is 1. The molecule has 1 N–H and O–H groups in total. The van der Waals surface area contributed by atoms with E-state index in [1.165, 1.54) is 24.3 Å². The van der Waals surface area contributed by atoms with Gasteiger partial charge in [0.15, 0.2) is 5.67 Å². The highest BCUT2D eigenvalue weighted by Crippen LogP contribution is 2.47. The Morgan fingerprint density at radius 3 is 2.77 bits per heavy atom. The molecule has 0 unspecified atom stereocenters. The van der Waals surface area contributed by atoms with E-state index in [0.717, 1.165) is 16.1 Å². The largest absolute Gasteiger partial charge is 0.329 e. The molecule has 0 radical (unpaired) electrons. The number of amides is 2. The molecule has 2 aromatic rings. The van der Waals surface area contributed by atoms with Gasteiger partial charge in [0, 0.05) is 5.69 Å². The standard InChI is InChI=1S/C16H12F2N6O2/c17-15-6-23(13(25)12-20-9-21-22-12)8-16(15,18)14(26)24(7-15)11-3-1-2-10(4-11)5-19/h1-4,9H,6-8H2,(H,20,21,22)/t15-,16+/m0/s1. The first-order valence-corrected chi connectivity index (χ1v) is 7.72. The van der Waals surface area contributed by atoms with Gasteiger partial charge in [-0.3, -0.25) is 14.7 Å². The third kappa shape index (κ3) is 2.10. The number of aromatic nitrogens is 3. The third-order valence-electron chi connectivity index (χ3n) is 4.75.